The Labute approximate surface area is 76.1 Å². The van der Waals surface area contributed by atoms with Gasteiger partial charge >= 0.3 is 5.97 Å². The molecule has 0 aliphatic carbocycles. The van der Waals surface area contributed by atoms with E-state index in [4.69, 9.17) is 16.7 Å². The molecule has 1 aromatic carbocycles. The van der Waals surface area contributed by atoms with Crippen molar-refractivity contribution in [1.82, 2.24) is 0 Å². The Kier molecular flexibility index (Phi) is 5.75. The van der Waals surface area contributed by atoms with E-state index < -0.39 is 5.97 Å². The number of carboxylic acids is 1. The summed E-state index contributed by atoms with van der Waals surface area (Å²) in [5, 5.41) is 8.37. The minimum atomic E-state index is -0.981. The average Bonchev–Trinajstić information content (AvgIpc) is 2.07. The van der Waals surface area contributed by atoms with Crippen molar-refractivity contribution in [3.05, 3.63) is 48.0 Å². The first-order valence-corrected chi connectivity index (χ1v) is 3.51. The van der Waals surface area contributed by atoms with Crippen molar-refractivity contribution in [3.63, 3.8) is 0 Å². The number of aliphatic carboxylic acids is 1. The molecule has 0 aliphatic rings. The van der Waals surface area contributed by atoms with Gasteiger partial charge in [-0.3, -0.25) is 0 Å². The van der Waals surface area contributed by atoms with Gasteiger partial charge < -0.3 is 5.11 Å². The number of benzene rings is 1. The van der Waals surface area contributed by atoms with Crippen LogP contribution in [0.25, 0.3) is 0 Å². The van der Waals surface area contributed by atoms with E-state index in [0.29, 0.717) is 0 Å². The zero-order valence-corrected chi connectivity index (χ0v) is 7.08. The lowest BCUT2D eigenvalue weighted by molar-refractivity contribution is -0.131. The fraction of sp³-hybridized carbons (Fsp3) is 0. The number of rotatable bonds is 1. The topological polar surface area (TPSA) is 37.3 Å². The van der Waals surface area contributed by atoms with Crippen LogP contribution in [-0.4, -0.2) is 11.1 Å². The lowest BCUT2D eigenvalue weighted by Crippen LogP contribution is -1.82. The van der Waals surface area contributed by atoms with Crippen LogP contribution in [0.3, 0.4) is 0 Å². The van der Waals surface area contributed by atoms with Crippen LogP contribution in [0.5, 0.6) is 0 Å². The molecule has 2 nitrogen and oxygen atoms in total. The normalized spacial score (nSPS) is 7.75. The number of hydrogen-bond donors (Lipinski definition) is 1. The van der Waals surface area contributed by atoms with Gasteiger partial charge in [-0.2, -0.15) is 0 Å². The average molecular weight is 184 g/mol. The third kappa shape index (κ3) is 6.83. The molecule has 0 heterocycles. The van der Waals surface area contributed by atoms with Crippen molar-refractivity contribution in [2.45, 2.75) is 0 Å². The van der Waals surface area contributed by atoms with E-state index in [1.54, 1.807) is 24.3 Å². The molecule has 0 saturated heterocycles. The molecule has 12 heavy (non-hydrogen) atoms. The van der Waals surface area contributed by atoms with Crippen LogP contribution in [-0.2, 0) is 4.79 Å². The summed E-state index contributed by atoms with van der Waals surface area (Å²) in [4.78, 5) is 9.25. The second kappa shape index (κ2) is 6.43. The molecule has 1 rings (SSSR count). The Morgan fingerprint density at radius 3 is 2.17 bits per heavy atom. The standard InChI is InChI=1S/C6H4Cl.C3H4O2/c7-6-4-2-1-3-5-6;1-2-3(4)5/h2-5H;2H,1H2,(H,4,5). The highest BCUT2D eigenvalue weighted by molar-refractivity contribution is 6.30. The van der Waals surface area contributed by atoms with Gasteiger partial charge in [0.1, 0.15) is 0 Å². The molecule has 0 unspecified atom stereocenters. The zero-order chi connectivity index (χ0) is 9.40. The van der Waals surface area contributed by atoms with Crippen LogP contribution in [0.4, 0.5) is 0 Å². The summed E-state index contributed by atoms with van der Waals surface area (Å²) in [6.07, 6.45) is 0.833. The summed E-state index contributed by atoms with van der Waals surface area (Å²) in [6, 6.07) is 10.00. The largest absolute Gasteiger partial charge is 0.478 e. The summed E-state index contributed by atoms with van der Waals surface area (Å²) in [6.45, 7) is 2.96. The third-order valence-corrected chi connectivity index (χ3v) is 1.10. The summed E-state index contributed by atoms with van der Waals surface area (Å²) >= 11 is 5.52. The first kappa shape index (κ1) is 10.7. The second-order valence-corrected chi connectivity index (χ2v) is 2.20. The van der Waals surface area contributed by atoms with Gasteiger partial charge in [0, 0.05) is 11.1 Å². The molecule has 0 amide bonds. The maximum absolute atomic E-state index is 9.25. The van der Waals surface area contributed by atoms with Gasteiger partial charge in [-0.1, -0.05) is 30.3 Å². The van der Waals surface area contributed by atoms with Crippen LogP contribution in [0.1, 0.15) is 0 Å². The molecular formula is C9H8ClO2. The van der Waals surface area contributed by atoms with Crippen molar-refractivity contribution < 1.29 is 9.90 Å². The van der Waals surface area contributed by atoms with Crippen molar-refractivity contribution in [2.24, 2.45) is 0 Å². The van der Waals surface area contributed by atoms with Gasteiger partial charge in [-0.15, -0.1) is 0 Å². The highest BCUT2D eigenvalue weighted by Gasteiger charge is 1.75. The molecule has 0 aliphatic heterocycles. The highest BCUT2D eigenvalue weighted by atomic mass is 35.5. The van der Waals surface area contributed by atoms with Gasteiger partial charge in [-0.25, -0.2) is 4.79 Å². The molecule has 0 fully saturated rings. The van der Waals surface area contributed by atoms with Gasteiger partial charge in [0.2, 0.25) is 0 Å². The Bertz CT molecular complexity index is 244. The summed E-state index contributed by atoms with van der Waals surface area (Å²) in [5.41, 5.74) is 0. The highest BCUT2D eigenvalue weighted by Crippen LogP contribution is 2.03. The first-order valence-electron chi connectivity index (χ1n) is 3.14. The first-order chi connectivity index (χ1) is 5.66. The minimum Gasteiger partial charge on any atom is -0.478 e. The van der Waals surface area contributed by atoms with Crippen LogP contribution in [0, 0.1) is 6.07 Å². The molecule has 1 N–H and O–H groups in total. The quantitative estimate of drug-likeness (QED) is 0.679. The molecular weight excluding hydrogens is 176 g/mol. The number of hydrogen-bond acceptors (Lipinski definition) is 1. The minimum absolute atomic E-state index is 0.763. The smallest absolute Gasteiger partial charge is 0.327 e. The molecule has 1 aromatic rings. The zero-order valence-electron chi connectivity index (χ0n) is 6.33. The fourth-order valence-electron chi connectivity index (χ4n) is 0.367. The van der Waals surface area contributed by atoms with Crippen molar-refractivity contribution in [3.8, 4) is 0 Å². The van der Waals surface area contributed by atoms with E-state index in [1.165, 1.54) is 0 Å². The number of halogens is 1. The van der Waals surface area contributed by atoms with Crippen molar-refractivity contribution in [2.75, 3.05) is 0 Å². The Morgan fingerprint density at radius 1 is 1.58 bits per heavy atom. The third-order valence-electron chi connectivity index (χ3n) is 0.852. The summed E-state index contributed by atoms with van der Waals surface area (Å²) in [5.74, 6) is -0.981. The number of carboxylic acid groups (broad SMARTS) is 1. The lowest BCUT2D eigenvalue weighted by Gasteiger charge is -1.79. The fourth-order valence-corrected chi connectivity index (χ4v) is 0.493. The molecule has 0 bridgehead atoms. The van der Waals surface area contributed by atoms with E-state index in [0.717, 1.165) is 11.1 Å². The second-order valence-electron chi connectivity index (χ2n) is 1.76. The van der Waals surface area contributed by atoms with E-state index in [-0.39, 0.29) is 0 Å². The predicted octanol–water partition coefficient (Wildman–Crippen LogP) is 2.40. The molecule has 0 aromatic heterocycles. The Hall–Kier alpha value is -1.28. The Balaban J connectivity index is 0.000000217. The van der Waals surface area contributed by atoms with E-state index in [1.807, 2.05) is 0 Å². The van der Waals surface area contributed by atoms with E-state index in [2.05, 4.69) is 12.6 Å². The maximum atomic E-state index is 9.25. The lowest BCUT2D eigenvalue weighted by atomic mass is 10.4. The van der Waals surface area contributed by atoms with Gasteiger partial charge in [0.15, 0.2) is 0 Å². The summed E-state index contributed by atoms with van der Waals surface area (Å²) in [7, 11) is 0. The predicted molar refractivity (Wildman–Crippen MR) is 48.1 cm³/mol. The number of carbonyl (C=O) groups is 1. The SMILES string of the molecule is C=CC(=O)O.Clc1cc[c]cc1. The van der Waals surface area contributed by atoms with Crippen LogP contribution >= 0.6 is 11.6 Å². The Morgan fingerprint density at radius 2 is 2.00 bits per heavy atom. The molecule has 0 spiro atoms. The van der Waals surface area contributed by atoms with Gasteiger partial charge in [0.25, 0.3) is 0 Å². The maximum Gasteiger partial charge on any atom is 0.327 e. The van der Waals surface area contributed by atoms with E-state index in [9.17, 15) is 4.79 Å². The summed E-state index contributed by atoms with van der Waals surface area (Å²) < 4.78 is 0. The molecule has 3 heteroatoms. The molecule has 1 radical (unpaired) electrons. The van der Waals surface area contributed by atoms with Gasteiger partial charge in [-0.05, 0) is 18.2 Å². The monoisotopic (exact) mass is 183 g/mol. The van der Waals surface area contributed by atoms with Crippen LogP contribution < -0.4 is 0 Å². The van der Waals surface area contributed by atoms with E-state index >= 15 is 0 Å². The van der Waals surface area contributed by atoms with Crippen molar-refractivity contribution in [1.29, 1.82) is 0 Å². The van der Waals surface area contributed by atoms with Crippen LogP contribution in [0.2, 0.25) is 5.02 Å². The molecule has 0 saturated carbocycles. The van der Waals surface area contributed by atoms with Gasteiger partial charge in [0.05, 0.1) is 0 Å². The molecule has 63 valence electrons. The van der Waals surface area contributed by atoms with Crippen LogP contribution in [0.15, 0.2) is 36.9 Å². The van der Waals surface area contributed by atoms with Crippen molar-refractivity contribution >= 4 is 17.6 Å². The molecule has 0 atom stereocenters.